The van der Waals surface area contributed by atoms with Crippen molar-refractivity contribution in [2.75, 3.05) is 13.7 Å². The summed E-state index contributed by atoms with van der Waals surface area (Å²) in [6.07, 6.45) is 2.58. The summed E-state index contributed by atoms with van der Waals surface area (Å²) in [5, 5.41) is 3.83. The SMILES string of the molecule is CCCCNC(=O)[C@H](CC)N(Cc1ccc(Cl)c(Cl)c1)C(=O)Cc1ccc(OC)cc1. The Morgan fingerprint density at radius 3 is 2.29 bits per heavy atom. The molecule has 0 unspecified atom stereocenters. The fraction of sp³-hybridized carbons (Fsp3) is 0.417. The summed E-state index contributed by atoms with van der Waals surface area (Å²) in [5.41, 5.74) is 1.67. The third-order valence-electron chi connectivity index (χ3n) is 5.07. The Hall–Kier alpha value is -2.24. The van der Waals surface area contributed by atoms with Crippen molar-refractivity contribution in [3.8, 4) is 5.75 Å². The predicted molar refractivity (Wildman–Crippen MR) is 126 cm³/mol. The quantitative estimate of drug-likeness (QED) is 0.460. The van der Waals surface area contributed by atoms with E-state index in [9.17, 15) is 9.59 Å². The van der Waals surface area contributed by atoms with Crippen LogP contribution in [0.4, 0.5) is 0 Å². The Morgan fingerprint density at radius 1 is 1.03 bits per heavy atom. The molecule has 0 radical (unpaired) electrons. The van der Waals surface area contributed by atoms with Crippen molar-refractivity contribution in [2.45, 2.75) is 52.1 Å². The first kappa shape index (κ1) is 25.0. The molecule has 1 atom stereocenters. The van der Waals surface area contributed by atoms with E-state index in [1.165, 1.54) is 0 Å². The van der Waals surface area contributed by atoms with E-state index < -0.39 is 6.04 Å². The van der Waals surface area contributed by atoms with Crippen LogP contribution in [-0.4, -0.2) is 36.4 Å². The van der Waals surface area contributed by atoms with Gasteiger partial charge >= 0.3 is 0 Å². The molecule has 0 saturated heterocycles. The zero-order chi connectivity index (χ0) is 22.8. The molecule has 2 rings (SSSR count). The number of carbonyl (C=O) groups excluding carboxylic acids is 2. The molecule has 0 spiro atoms. The van der Waals surface area contributed by atoms with Gasteiger partial charge in [0.2, 0.25) is 11.8 Å². The molecule has 31 heavy (non-hydrogen) atoms. The average Bonchev–Trinajstić information content (AvgIpc) is 2.76. The Balaban J connectivity index is 2.26. The molecule has 2 amide bonds. The molecule has 168 valence electrons. The largest absolute Gasteiger partial charge is 0.497 e. The Labute approximate surface area is 194 Å². The van der Waals surface area contributed by atoms with Gasteiger partial charge in [0, 0.05) is 13.1 Å². The number of hydrogen-bond donors (Lipinski definition) is 1. The van der Waals surface area contributed by atoms with Crippen LogP contribution < -0.4 is 10.1 Å². The lowest BCUT2D eigenvalue weighted by atomic mass is 10.1. The minimum absolute atomic E-state index is 0.131. The number of rotatable bonds is 11. The van der Waals surface area contributed by atoms with Gasteiger partial charge in [-0.25, -0.2) is 0 Å². The molecule has 0 fully saturated rings. The number of benzene rings is 2. The zero-order valence-electron chi connectivity index (χ0n) is 18.3. The maximum absolute atomic E-state index is 13.3. The van der Waals surface area contributed by atoms with Crippen LogP contribution in [0.15, 0.2) is 42.5 Å². The highest BCUT2D eigenvalue weighted by Gasteiger charge is 2.28. The van der Waals surface area contributed by atoms with E-state index in [-0.39, 0.29) is 24.8 Å². The fourth-order valence-corrected chi connectivity index (χ4v) is 3.60. The van der Waals surface area contributed by atoms with Gasteiger partial charge < -0.3 is 15.0 Å². The second-order valence-corrected chi connectivity index (χ2v) is 8.18. The highest BCUT2D eigenvalue weighted by Crippen LogP contribution is 2.24. The smallest absolute Gasteiger partial charge is 0.242 e. The van der Waals surface area contributed by atoms with Gasteiger partial charge in [-0.3, -0.25) is 9.59 Å². The number of methoxy groups -OCH3 is 1. The van der Waals surface area contributed by atoms with Crippen LogP contribution in [0.5, 0.6) is 5.75 Å². The summed E-state index contributed by atoms with van der Waals surface area (Å²) >= 11 is 12.2. The summed E-state index contributed by atoms with van der Waals surface area (Å²) < 4.78 is 5.18. The van der Waals surface area contributed by atoms with Gasteiger partial charge in [-0.15, -0.1) is 0 Å². The topological polar surface area (TPSA) is 58.6 Å². The maximum atomic E-state index is 13.3. The normalized spacial score (nSPS) is 11.6. The summed E-state index contributed by atoms with van der Waals surface area (Å²) in [6.45, 7) is 4.84. The molecular weight excluding hydrogens is 435 g/mol. The first-order valence-electron chi connectivity index (χ1n) is 10.5. The highest BCUT2D eigenvalue weighted by atomic mass is 35.5. The van der Waals surface area contributed by atoms with Gasteiger partial charge in [-0.05, 0) is 48.2 Å². The van der Waals surface area contributed by atoms with Crippen molar-refractivity contribution in [3.05, 3.63) is 63.6 Å². The number of amides is 2. The van der Waals surface area contributed by atoms with Crippen LogP contribution in [0.2, 0.25) is 10.0 Å². The number of nitrogens with one attached hydrogen (secondary N) is 1. The van der Waals surface area contributed by atoms with E-state index in [4.69, 9.17) is 27.9 Å². The minimum atomic E-state index is -0.572. The molecule has 5 nitrogen and oxygen atoms in total. The Kier molecular flexibility index (Phi) is 10.2. The minimum Gasteiger partial charge on any atom is -0.497 e. The second kappa shape index (κ2) is 12.6. The molecule has 2 aromatic carbocycles. The Morgan fingerprint density at radius 2 is 1.71 bits per heavy atom. The van der Waals surface area contributed by atoms with Gasteiger partial charge in [0.05, 0.1) is 23.6 Å². The number of carbonyl (C=O) groups is 2. The van der Waals surface area contributed by atoms with Crippen LogP contribution in [0.25, 0.3) is 0 Å². The van der Waals surface area contributed by atoms with Crippen molar-refractivity contribution in [1.29, 1.82) is 0 Å². The number of halogens is 2. The molecule has 7 heteroatoms. The lowest BCUT2D eigenvalue weighted by molar-refractivity contribution is -0.140. The van der Waals surface area contributed by atoms with Gasteiger partial charge in [0.25, 0.3) is 0 Å². The molecule has 0 saturated carbocycles. The lowest BCUT2D eigenvalue weighted by Crippen LogP contribution is -2.49. The molecule has 0 aliphatic carbocycles. The van der Waals surface area contributed by atoms with Gasteiger partial charge in [0.15, 0.2) is 0 Å². The van der Waals surface area contributed by atoms with E-state index in [1.807, 2.05) is 37.3 Å². The van der Waals surface area contributed by atoms with Crippen molar-refractivity contribution in [1.82, 2.24) is 10.2 Å². The summed E-state index contributed by atoms with van der Waals surface area (Å²) in [6, 6.07) is 12.0. The van der Waals surface area contributed by atoms with E-state index in [0.717, 1.165) is 29.7 Å². The van der Waals surface area contributed by atoms with Crippen LogP contribution >= 0.6 is 23.2 Å². The second-order valence-electron chi connectivity index (χ2n) is 7.36. The Bertz CT molecular complexity index is 872. The highest BCUT2D eigenvalue weighted by molar-refractivity contribution is 6.42. The van der Waals surface area contributed by atoms with Crippen molar-refractivity contribution in [2.24, 2.45) is 0 Å². The molecular formula is C24H30Cl2N2O3. The van der Waals surface area contributed by atoms with Crippen LogP contribution in [-0.2, 0) is 22.6 Å². The molecule has 1 N–H and O–H groups in total. The maximum Gasteiger partial charge on any atom is 0.242 e. The van der Waals surface area contributed by atoms with Crippen LogP contribution in [0.3, 0.4) is 0 Å². The number of nitrogens with zero attached hydrogens (tertiary/aromatic N) is 1. The zero-order valence-corrected chi connectivity index (χ0v) is 19.8. The predicted octanol–water partition coefficient (Wildman–Crippen LogP) is 5.27. The number of unbranched alkanes of at least 4 members (excludes halogenated alkanes) is 1. The lowest BCUT2D eigenvalue weighted by Gasteiger charge is -2.31. The molecule has 0 bridgehead atoms. The van der Waals surface area contributed by atoms with Gasteiger partial charge in [0.1, 0.15) is 11.8 Å². The van der Waals surface area contributed by atoms with Crippen molar-refractivity contribution < 1.29 is 14.3 Å². The monoisotopic (exact) mass is 464 g/mol. The number of ether oxygens (including phenoxy) is 1. The molecule has 0 aliphatic rings. The van der Waals surface area contributed by atoms with Gasteiger partial charge in [-0.2, -0.15) is 0 Å². The van der Waals surface area contributed by atoms with Crippen LogP contribution in [0.1, 0.15) is 44.2 Å². The fourth-order valence-electron chi connectivity index (χ4n) is 3.28. The standard InChI is InChI=1S/C24H30Cl2N2O3/c1-4-6-13-27-24(30)22(5-2)28(16-18-9-12-20(25)21(26)14-18)23(29)15-17-7-10-19(31-3)11-8-17/h7-12,14,22H,4-6,13,15-16H2,1-3H3,(H,27,30)/t22-/m0/s1. The first-order chi connectivity index (χ1) is 14.9. The number of hydrogen-bond acceptors (Lipinski definition) is 3. The first-order valence-corrected chi connectivity index (χ1v) is 11.3. The average molecular weight is 465 g/mol. The van der Waals surface area contributed by atoms with Crippen LogP contribution in [0, 0.1) is 0 Å². The molecule has 2 aromatic rings. The van der Waals surface area contributed by atoms with E-state index in [0.29, 0.717) is 23.0 Å². The third-order valence-corrected chi connectivity index (χ3v) is 5.81. The summed E-state index contributed by atoms with van der Waals surface area (Å²) in [4.78, 5) is 27.8. The van der Waals surface area contributed by atoms with E-state index in [1.54, 1.807) is 24.1 Å². The van der Waals surface area contributed by atoms with Crippen molar-refractivity contribution >= 4 is 35.0 Å². The van der Waals surface area contributed by atoms with E-state index in [2.05, 4.69) is 12.2 Å². The summed E-state index contributed by atoms with van der Waals surface area (Å²) in [7, 11) is 1.60. The summed E-state index contributed by atoms with van der Waals surface area (Å²) in [5.74, 6) is 0.457. The molecule has 0 aromatic heterocycles. The van der Waals surface area contributed by atoms with Crippen molar-refractivity contribution in [3.63, 3.8) is 0 Å². The van der Waals surface area contributed by atoms with E-state index >= 15 is 0 Å². The van der Waals surface area contributed by atoms with Gasteiger partial charge in [-0.1, -0.05) is 61.7 Å². The molecule has 0 heterocycles. The molecule has 0 aliphatic heterocycles. The third kappa shape index (κ3) is 7.44.